The lowest BCUT2D eigenvalue weighted by Crippen LogP contribution is -2.16. The molecule has 1 aliphatic carbocycles. The van der Waals surface area contributed by atoms with Crippen LogP contribution < -0.4 is 10.1 Å². The fourth-order valence-corrected chi connectivity index (χ4v) is 2.23. The van der Waals surface area contributed by atoms with E-state index in [1.807, 2.05) is 18.2 Å². The second-order valence-corrected chi connectivity index (χ2v) is 5.95. The third-order valence-electron chi connectivity index (χ3n) is 3.30. The summed E-state index contributed by atoms with van der Waals surface area (Å²) in [7, 11) is 0. The molecule has 104 valence electrons. The Kier molecular flexibility index (Phi) is 4.33. The van der Waals surface area contributed by atoms with Gasteiger partial charge in [0.25, 0.3) is 0 Å². The highest BCUT2D eigenvalue weighted by molar-refractivity contribution is 9.10. The van der Waals surface area contributed by atoms with Gasteiger partial charge in [0.2, 0.25) is 5.88 Å². The van der Waals surface area contributed by atoms with Gasteiger partial charge in [0.05, 0.1) is 0 Å². The number of ether oxygens (including phenoxy) is 1. The summed E-state index contributed by atoms with van der Waals surface area (Å²) < 4.78 is 6.93. The van der Waals surface area contributed by atoms with Gasteiger partial charge in [-0.2, -0.15) is 0 Å². The minimum absolute atomic E-state index is 0.542. The number of benzene rings is 1. The predicted octanol–water partition coefficient (Wildman–Crippen LogP) is 3.68. The Morgan fingerprint density at radius 1 is 1.20 bits per heavy atom. The van der Waals surface area contributed by atoms with Crippen molar-refractivity contribution < 1.29 is 4.74 Å². The quantitative estimate of drug-likeness (QED) is 0.876. The number of aromatic nitrogens is 1. The minimum atomic E-state index is 0.542. The Labute approximate surface area is 127 Å². The zero-order valence-corrected chi connectivity index (χ0v) is 12.8. The van der Waals surface area contributed by atoms with Gasteiger partial charge in [0, 0.05) is 28.8 Å². The maximum absolute atomic E-state index is 5.85. The monoisotopic (exact) mass is 332 g/mol. The van der Waals surface area contributed by atoms with E-state index in [-0.39, 0.29) is 0 Å². The molecule has 1 fully saturated rings. The van der Waals surface area contributed by atoms with Crippen LogP contribution in [0.4, 0.5) is 0 Å². The molecule has 1 saturated carbocycles. The summed E-state index contributed by atoms with van der Waals surface area (Å²) in [6.45, 7) is 1.37. The third-order valence-corrected chi connectivity index (χ3v) is 3.83. The lowest BCUT2D eigenvalue weighted by atomic mass is 10.2. The molecule has 0 spiro atoms. The number of pyridine rings is 1. The SMILES string of the molecule is Brc1ccc(COc2ncccc2CNC2CC2)cc1. The molecule has 3 nitrogen and oxygen atoms in total. The van der Waals surface area contributed by atoms with Crippen LogP contribution in [-0.4, -0.2) is 11.0 Å². The Balaban J connectivity index is 1.62. The summed E-state index contributed by atoms with van der Waals surface area (Å²) in [5.41, 5.74) is 2.26. The van der Waals surface area contributed by atoms with Crippen molar-refractivity contribution in [2.45, 2.75) is 32.0 Å². The Bertz CT molecular complexity index is 567. The van der Waals surface area contributed by atoms with E-state index in [0.29, 0.717) is 12.6 Å². The molecular weight excluding hydrogens is 316 g/mol. The normalized spacial score (nSPS) is 14.2. The van der Waals surface area contributed by atoms with Gasteiger partial charge in [-0.1, -0.05) is 34.1 Å². The fraction of sp³-hybridized carbons (Fsp3) is 0.312. The van der Waals surface area contributed by atoms with Gasteiger partial charge < -0.3 is 10.1 Å². The molecule has 1 aliphatic rings. The second-order valence-electron chi connectivity index (χ2n) is 5.04. The van der Waals surface area contributed by atoms with Crippen LogP contribution in [0.3, 0.4) is 0 Å². The van der Waals surface area contributed by atoms with Gasteiger partial charge in [-0.3, -0.25) is 0 Å². The van der Waals surface area contributed by atoms with Crippen molar-refractivity contribution in [2.24, 2.45) is 0 Å². The number of nitrogens with zero attached hydrogens (tertiary/aromatic N) is 1. The van der Waals surface area contributed by atoms with Crippen molar-refractivity contribution in [3.05, 3.63) is 58.2 Å². The molecule has 0 atom stereocenters. The first-order chi connectivity index (χ1) is 9.81. The lowest BCUT2D eigenvalue weighted by Gasteiger charge is -2.11. The third kappa shape index (κ3) is 3.81. The van der Waals surface area contributed by atoms with Crippen LogP contribution in [0, 0.1) is 0 Å². The Morgan fingerprint density at radius 3 is 2.75 bits per heavy atom. The molecular formula is C16H17BrN2O. The summed E-state index contributed by atoms with van der Waals surface area (Å²) >= 11 is 3.43. The molecule has 3 rings (SSSR count). The van der Waals surface area contributed by atoms with Crippen LogP contribution in [0.1, 0.15) is 24.0 Å². The average molecular weight is 333 g/mol. The van der Waals surface area contributed by atoms with Crippen molar-refractivity contribution >= 4 is 15.9 Å². The van der Waals surface area contributed by atoms with E-state index in [2.05, 4.69) is 44.4 Å². The molecule has 0 bridgehead atoms. The topological polar surface area (TPSA) is 34.1 Å². The van der Waals surface area contributed by atoms with Gasteiger partial charge in [-0.25, -0.2) is 4.98 Å². The van der Waals surface area contributed by atoms with E-state index in [4.69, 9.17) is 4.74 Å². The first kappa shape index (κ1) is 13.6. The van der Waals surface area contributed by atoms with Crippen molar-refractivity contribution in [3.8, 4) is 5.88 Å². The summed E-state index contributed by atoms with van der Waals surface area (Å²) in [5, 5.41) is 3.49. The zero-order valence-electron chi connectivity index (χ0n) is 11.2. The van der Waals surface area contributed by atoms with Crippen LogP contribution >= 0.6 is 15.9 Å². The van der Waals surface area contributed by atoms with E-state index in [0.717, 1.165) is 28.0 Å². The van der Waals surface area contributed by atoms with Crippen molar-refractivity contribution in [1.29, 1.82) is 0 Å². The molecule has 0 radical (unpaired) electrons. The molecule has 20 heavy (non-hydrogen) atoms. The largest absolute Gasteiger partial charge is 0.473 e. The molecule has 4 heteroatoms. The molecule has 1 aromatic carbocycles. The van der Waals surface area contributed by atoms with Gasteiger partial charge in [-0.15, -0.1) is 0 Å². The number of hydrogen-bond acceptors (Lipinski definition) is 3. The van der Waals surface area contributed by atoms with Crippen LogP contribution in [0.25, 0.3) is 0 Å². The Hall–Kier alpha value is -1.39. The molecule has 0 amide bonds. The highest BCUT2D eigenvalue weighted by Crippen LogP contribution is 2.22. The number of hydrogen-bond donors (Lipinski definition) is 1. The lowest BCUT2D eigenvalue weighted by molar-refractivity contribution is 0.289. The van der Waals surface area contributed by atoms with Crippen LogP contribution in [-0.2, 0) is 13.2 Å². The number of rotatable bonds is 6. The zero-order chi connectivity index (χ0) is 13.8. The predicted molar refractivity (Wildman–Crippen MR) is 82.6 cm³/mol. The smallest absolute Gasteiger partial charge is 0.218 e. The highest BCUT2D eigenvalue weighted by Gasteiger charge is 2.20. The first-order valence-electron chi connectivity index (χ1n) is 6.86. The Morgan fingerprint density at radius 2 is 2.00 bits per heavy atom. The van der Waals surface area contributed by atoms with Crippen LogP contribution in [0.2, 0.25) is 0 Å². The maximum Gasteiger partial charge on any atom is 0.218 e. The average Bonchev–Trinajstić information content (AvgIpc) is 3.30. The highest BCUT2D eigenvalue weighted by atomic mass is 79.9. The number of nitrogens with one attached hydrogen (secondary N) is 1. The molecule has 0 aliphatic heterocycles. The van der Waals surface area contributed by atoms with Crippen molar-refractivity contribution in [3.63, 3.8) is 0 Å². The molecule has 1 aromatic heterocycles. The van der Waals surface area contributed by atoms with Crippen LogP contribution in [0.5, 0.6) is 5.88 Å². The van der Waals surface area contributed by atoms with E-state index in [9.17, 15) is 0 Å². The van der Waals surface area contributed by atoms with Crippen molar-refractivity contribution in [1.82, 2.24) is 10.3 Å². The molecule has 2 aromatic rings. The second kappa shape index (κ2) is 6.37. The molecule has 0 saturated heterocycles. The summed E-state index contributed by atoms with van der Waals surface area (Å²) in [6.07, 6.45) is 4.35. The minimum Gasteiger partial charge on any atom is -0.473 e. The standard InChI is InChI=1S/C16H17BrN2O/c17-14-5-3-12(4-6-14)11-20-16-13(2-1-9-18-16)10-19-15-7-8-15/h1-6,9,15,19H,7-8,10-11H2. The van der Waals surface area contributed by atoms with Crippen molar-refractivity contribution in [2.75, 3.05) is 0 Å². The van der Waals surface area contributed by atoms with E-state index in [1.54, 1.807) is 6.20 Å². The van der Waals surface area contributed by atoms with Gasteiger partial charge >= 0.3 is 0 Å². The molecule has 1 N–H and O–H groups in total. The van der Waals surface area contributed by atoms with Crippen LogP contribution in [0.15, 0.2) is 47.1 Å². The summed E-state index contributed by atoms with van der Waals surface area (Å²) in [6, 6.07) is 12.9. The van der Waals surface area contributed by atoms with E-state index in [1.165, 1.54) is 12.8 Å². The summed E-state index contributed by atoms with van der Waals surface area (Å²) in [4.78, 5) is 4.34. The van der Waals surface area contributed by atoms with Gasteiger partial charge in [0.1, 0.15) is 6.61 Å². The van der Waals surface area contributed by atoms with E-state index < -0.39 is 0 Å². The number of halogens is 1. The summed E-state index contributed by atoms with van der Waals surface area (Å²) in [5.74, 6) is 0.726. The van der Waals surface area contributed by atoms with Gasteiger partial charge in [0.15, 0.2) is 0 Å². The van der Waals surface area contributed by atoms with Gasteiger partial charge in [-0.05, 0) is 36.6 Å². The van der Waals surface area contributed by atoms with E-state index >= 15 is 0 Å². The molecule has 1 heterocycles. The molecule has 0 unspecified atom stereocenters. The maximum atomic E-state index is 5.85. The fourth-order valence-electron chi connectivity index (χ4n) is 1.96. The first-order valence-corrected chi connectivity index (χ1v) is 7.65.